The highest BCUT2D eigenvalue weighted by Gasteiger charge is 2.16. The van der Waals surface area contributed by atoms with Crippen LogP contribution in [0.15, 0.2) is 12.3 Å². The van der Waals surface area contributed by atoms with Crippen molar-refractivity contribution in [1.82, 2.24) is 4.98 Å². The predicted molar refractivity (Wildman–Crippen MR) is 38.9 cm³/mol. The van der Waals surface area contributed by atoms with Crippen molar-refractivity contribution in [2.75, 3.05) is 0 Å². The van der Waals surface area contributed by atoms with Gasteiger partial charge in [-0.3, -0.25) is 4.98 Å². The summed E-state index contributed by atoms with van der Waals surface area (Å²) >= 11 is 5.48. The molecule has 5 heteroatoms. The Labute approximate surface area is 72.4 Å². The monoisotopic (exact) mass is 188 g/mol. The summed E-state index contributed by atoms with van der Waals surface area (Å²) in [6.45, 7) is 0. The summed E-state index contributed by atoms with van der Waals surface area (Å²) in [5, 5.41) is 8.44. The summed E-state index contributed by atoms with van der Waals surface area (Å²) in [6, 6.07) is 2.87. The molecule has 0 fully saturated rings. The van der Waals surface area contributed by atoms with Gasteiger partial charge in [0.25, 0.3) is 6.43 Å². The number of hydrogen-bond acceptors (Lipinski definition) is 2. The van der Waals surface area contributed by atoms with Crippen molar-refractivity contribution in [3.63, 3.8) is 0 Å². The van der Waals surface area contributed by atoms with E-state index >= 15 is 0 Å². The first-order chi connectivity index (χ1) is 5.66. The van der Waals surface area contributed by atoms with Gasteiger partial charge in [0.05, 0.1) is 10.6 Å². The molecule has 0 saturated heterocycles. The molecule has 0 unspecified atom stereocenters. The number of rotatable bonds is 1. The lowest BCUT2D eigenvalue weighted by Gasteiger charge is -2.01. The average molecular weight is 189 g/mol. The van der Waals surface area contributed by atoms with Crippen LogP contribution in [0.2, 0.25) is 5.02 Å². The Morgan fingerprint density at radius 1 is 1.58 bits per heavy atom. The van der Waals surface area contributed by atoms with Crippen LogP contribution in [0.1, 0.15) is 17.7 Å². The Hall–Kier alpha value is -1.21. The lowest BCUT2D eigenvalue weighted by Crippen LogP contribution is -1.94. The maximum atomic E-state index is 12.1. The maximum absolute atomic E-state index is 12.1. The van der Waals surface area contributed by atoms with E-state index in [4.69, 9.17) is 16.9 Å². The summed E-state index contributed by atoms with van der Waals surface area (Å²) < 4.78 is 24.2. The van der Waals surface area contributed by atoms with Gasteiger partial charge >= 0.3 is 0 Å². The summed E-state index contributed by atoms with van der Waals surface area (Å²) in [4.78, 5) is 3.35. The molecule has 1 aromatic rings. The molecule has 0 aliphatic carbocycles. The minimum Gasteiger partial charge on any atom is -0.254 e. The molecule has 0 amide bonds. The molecule has 0 spiro atoms. The molecule has 0 aliphatic rings. The first-order valence-corrected chi connectivity index (χ1v) is 3.37. The van der Waals surface area contributed by atoms with Crippen molar-refractivity contribution >= 4 is 11.6 Å². The van der Waals surface area contributed by atoms with Crippen molar-refractivity contribution < 1.29 is 8.78 Å². The normalized spacial score (nSPS) is 9.92. The third-order valence-corrected chi connectivity index (χ3v) is 1.56. The fourth-order valence-electron chi connectivity index (χ4n) is 0.729. The van der Waals surface area contributed by atoms with Crippen LogP contribution in [0.3, 0.4) is 0 Å². The van der Waals surface area contributed by atoms with Crippen LogP contribution >= 0.6 is 11.6 Å². The van der Waals surface area contributed by atoms with Gasteiger partial charge < -0.3 is 0 Å². The molecule has 0 bridgehead atoms. The van der Waals surface area contributed by atoms with Gasteiger partial charge in [-0.2, -0.15) is 5.26 Å². The number of pyridine rings is 1. The zero-order chi connectivity index (χ0) is 9.14. The first kappa shape index (κ1) is 8.88. The molecule has 1 heterocycles. The second-order valence-corrected chi connectivity index (χ2v) is 2.37. The van der Waals surface area contributed by atoms with Gasteiger partial charge in [0.15, 0.2) is 0 Å². The minimum atomic E-state index is -2.77. The van der Waals surface area contributed by atoms with Crippen molar-refractivity contribution in [2.24, 2.45) is 0 Å². The molecule has 0 saturated carbocycles. The Kier molecular flexibility index (Phi) is 2.56. The smallest absolute Gasteiger partial charge is 0.254 e. The predicted octanol–water partition coefficient (Wildman–Crippen LogP) is 2.54. The largest absolute Gasteiger partial charge is 0.281 e. The molecule has 0 aliphatic heterocycles. The average Bonchev–Trinajstić information content (AvgIpc) is 2.03. The standard InChI is InChI=1S/C7H3ClF2N2/c8-5-1-2-12-6(7(9)10)4(5)3-11/h1-2,7H. The van der Waals surface area contributed by atoms with Gasteiger partial charge in [0.2, 0.25) is 0 Å². The van der Waals surface area contributed by atoms with Gasteiger partial charge in [-0.05, 0) is 6.07 Å². The minimum absolute atomic E-state index is 0.00259. The van der Waals surface area contributed by atoms with E-state index in [1.807, 2.05) is 0 Å². The van der Waals surface area contributed by atoms with Crippen LogP contribution in [-0.4, -0.2) is 4.98 Å². The van der Waals surface area contributed by atoms with Crippen molar-refractivity contribution in [1.29, 1.82) is 5.26 Å². The van der Waals surface area contributed by atoms with Crippen molar-refractivity contribution in [3.05, 3.63) is 28.5 Å². The lowest BCUT2D eigenvalue weighted by atomic mass is 10.2. The zero-order valence-corrected chi connectivity index (χ0v) is 6.52. The van der Waals surface area contributed by atoms with Gasteiger partial charge in [-0.1, -0.05) is 11.6 Å². The Morgan fingerprint density at radius 3 is 2.67 bits per heavy atom. The summed E-state index contributed by atoms with van der Waals surface area (Å²) in [5.74, 6) is 0. The van der Waals surface area contributed by atoms with Crippen LogP contribution < -0.4 is 0 Å². The quantitative estimate of drug-likeness (QED) is 0.679. The molecule has 0 radical (unpaired) electrons. The number of aromatic nitrogens is 1. The molecule has 62 valence electrons. The van der Waals surface area contributed by atoms with Crippen molar-refractivity contribution in [3.8, 4) is 6.07 Å². The van der Waals surface area contributed by atoms with E-state index in [-0.39, 0.29) is 10.6 Å². The lowest BCUT2D eigenvalue weighted by molar-refractivity contribution is 0.145. The summed E-state index contributed by atoms with van der Waals surface area (Å²) in [7, 11) is 0. The van der Waals surface area contributed by atoms with Crippen LogP contribution in [0.25, 0.3) is 0 Å². The fourth-order valence-corrected chi connectivity index (χ4v) is 0.925. The zero-order valence-electron chi connectivity index (χ0n) is 5.76. The van der Waals surface area contributed by atoms with E-state index < -0.39 is 12.1 Å². The Morgan fingerprint density at radius 2 is 2.25 bits per heavy atom. The second-order valence-electron chi connectivity index (χ2n) is 1.97. The van der Waals surface area contributed by atoms with E-state index in [1.54, 1.807) is 6.07 Å². The Bertz CT molecular complexity index is 333. The summed E-state index contributed by atoms with van der Waals surface area (Å²) in [6.07, 6.45) is -1.62. The van der Waals surface area contributed by atoms with Gasteiger partial charge in [-0.15, -0.1) is 0 Å². The van der Waals surface area contributed by atoms with Crippen LogP contribution in [0.4, 0.5) is 8.78 Å². The molecule has 2 nitrogen and oxygen atoms in total. The van der Waals surface area contributed by atoms with E-state index in [0.29, 0.717) is 0 Å². The van der Waals surface area contributed by atoms with Crippen LogP contribution in [0.5, 0.6) is 0 Å². The number of halogens is 3. The third-order valence-electron chi connectivity index (χ3n) is 1.25. The third kappa shape index (κ3) is 1.51. The maximum Gasteiger partial charge on any atom is 0.281 e. The van der Waals surface area contributed by atoms with E-state index in [9.17, 15) is 8.78 Å². The first-order valence-electron chi connectivity index (χ1n) is 2.99. The van der Waals surface area contributed by atoms with Crippen LogP contribution in [0, 0.1) is 11.3 Å². The van der Waals surface area contributed by atoms with Crippen molar-refractivity contribution in [2.45, 2.75) is 6.43 Å². The van der Waals surface area contributed by atoms with Gasteiger partial charge in [0.1, 0.15) is 11.8 Å². The molecular weight excluding hydrogens is 186 g/mol. The fraction of sp³-hybridized carbons (Fsp3) is 0.143. The number of alkyl halides is 2. The summed E-state index contributed by atoms with van der Waals surface area (Å²) in [5.41, 5.74) is -0.820. The molecule has 0 aromatic carbocycles. The highest BCUT2D eigenvalue weighted by Crippen LogP contribution is 2.24. The molecule has 0 N–H and O–H groups in total. The van der Waals surface area contributed by atoms with E-state index in [2.05, 4.69) is 4.98 Å². The topological polar surface area (TPSA) is 36.7 Å². The number of nitriles is 1. The van der Waals surface area contributed by atoms with Gasteiger partial charge in [0, 0.05) is 6.20 Å². The SMILES string of the molecule is N#Cc1c(Cl)ccnc1C(F)F. The molecule has 0 atom stereocenters. The molecule has 1 aromatic heterocycles. The molecule has 12 heavy (non-hydrogen) atoms. The van der Waals surface area contributed by atoms with E-state index in [1.165, 1.54) is 6.07 Å². The molecule has 1 rings (SSSR count). The number of hydrogen-bond donors (Lipinski definition) is 0. The van der Waals surface area contributed by atoms with Gasteiger partial charge in [-0.25, -0.2) is 8.78 Å². The van der Waals surface area contributed by atoms with E-state index in [0.717, 1.165) is 6.20 Å². The second kappa shape index (κ2) is 3.46. The molecular formula is C7H3ClF2N2. The number of nitrogens with zero attached hydrogens (tertiary/aromatic N) is 2. The highest BCUT2D eigenvalue weighted by atomic mass is 35.5. The Balaban J connectivity index is 3.30. The van der Waals surface area contributed by atoms with Crippen LogP contribution in [-0.2, 0) is 0 Å². The highest BCUT2D eigenvalue weighted by molar-refractivity contribution is 6.31.